The Hall–Kier alpha value is -2.81. The lowest BCUT2D eigenvalue weighted by Gasteiger charge is -2.26. The molecule has 6 heteroatoms. The van der Waals surface area contributed by atoms with Gasteiger partial charge in [-0.05, 0) is 24.6 Å². The minimum atomic E-state index is -0.607. The van der Waals surface area contributed by atoms with E-state index in [1.54, 1.807) is 31.5 Å². The van der Waals surface area contributed by atoms with Crippen molar-refractivity contribution in [1.29, 1.82) is 5.26 Å². The fourth-order valence-corrected chi connectivity index (χ4v) is 2.15. The zero-order chi connectivity index (χ0) is 14.7. The molecule has 0 aromatic carbocycles. The Labute approximate surface area is 116 Å². The molecule has 1 aromatic heterocycles. The molecule has 0 radical (unpaired) electrons. The van der Waals surface area contributed by atoms with Gasteiger partial charge in [0.25, 0.3) is 0 Å². The molecule has 1 aliphatic heterocycles. The van der Waals surface area contributed by atoms with Crippen molar-refractivity contribution in [2.45, 2.75) is 12.8 Å². The maximum Gasteiger partial charge on any atom is 0.338 e. The highest BCUT2D eigenvalue weighted by atomic mass is 16.5. The minimum Gasteiger partial charge on any atom is -0.466 e. The third-order valence-electron chi connectivity index (χ3n) is 3.05. The van der Waals surface area contributed by atoms with Crippen molar-refractivity contribution < 1.29 is 14.3 Å². The average molecular weight is 271 g/mol. The van der Waals surface area contributed by atoms with E-state index in [-0.39, 0.29) is 17.0 Å². The zero-order valence-electron chi connectivity index (χ0n) is 11.1. The summed E-state index contributed by atoms with van der Waals surface area (Å²) in [5.74, 6) is -0.830. The van der Waals surface area contributed by atoms with E-state index in [9.17, 15) is 10.1 Å². The van der Waals surface area contributed by atoms with Gasteiger partial charge in [-0.3, -0.25) is 4.98 Å². The van der Waals surface area contributed by atoms with Gasteiger partial charge in [0.15, 0.2) is 0 Å². The van der Waals surface area contributed by atoms with Crippen LogP contribution in [0.5, 0.6) is 0 Å². The number of carbonyl (C=O) groups is 1. The molecule has 1 unspecified atom stereocenters. The first-order valence-corrected chi connectivity index (χ1v) is 5.86. The van der Waals surface area contributed by atoms with Crippen LogP contribution in [0.25, 0.3) is 0 Å². The second kappa shape index (κ2) is 5.45. The van der Waals surface area contributed by atoms with Gasteiger partial charge in [0, 0.05) is 12.4 Å². The number of methoxy groups -OCH3 is 1. The lowest BCUT2D eigenvalue weighted by atomic mass is 9.83. The van der Waals surface area contributed by atoms with E-state index in [1.807, 2.05) is 6.07 Å². The van der Waals surface area contributed by atoms with Crippen LogP contribution >= 0.6 is 0 Å². The molecule has 1 atom stereocenters. The van der Waals surface area contributed by atoms with Crippen LogP contribution in [0.4, 0.5) is 0 Å². The summed E-state index contributed by atoms with van der Waals surface area (Å²) in [4.78, 5) is 15.9. The topological polar surface area (TPSA) is 98.2 Å². The molecule has 0 fully saturated rings. The third-order valence-corrected chi connectivity index (χ3v) is 3.05. The molecule has 2 N–H and O–H groups in total. The molecular formula is C14H13N3O3. The van der Waals surface area contributed by atoms with E-state index >= 15 is 0 Å². The number of nitrogens with two attached hydrogens (primary N) is 1. The molecular weight excluding hydrogens is 258 g/mol. The average Bonchev–Trinajstić information content (AvgIpc) is 2.46. The second-order valence-corrected chi connectivity index (χ2v) is 4.17. The zero-order valence-corrected chi connectivity index (χ0v) is 11.1. The summed E-state index contributed by atoms with van der Waals surface area (Å²) in [6.07, 6.45) is 3.17. The summed E-state index contributed by atoms with van der Waals surface area (Å²) in [6, 6.07) is 5.44. The fraction of sp³-hybridized carbons (Fsp3) is 0.214. The van der Waals surface area contributed by atoms with Gasteiger partial charge in [-0.2, -0.15) is 5.26 Å². The molecule has 102 valence electrons. The maximum atomic E-state index is 12.0. The predicted octanol–water partition coefficient (Wildman–Crippen LogP) is 1.34. The van der Waals surface area contributed by atoms with Crippen LogP contribution in [0.1, 0.15) is 18.4 Å². The first kappa shape index (κ1) is 13.6. The van der Waals surface area contributed by atoms with Crippen LogP contribution in [-0.4, -0.2) is 18.1 Å². The Morgan fingerprint density at radius 1 is 1.50 bits per heavy atom. The molecule has 20 heavy (non-hydrogen) atoms. The number of pyridine rings is 1. The van der Waals surface area contributed by atoms with Crippen molar-refractivity contribution in [2.24, 2.45) is 5.73 Å². The Balaban J connectivity index is 2.63. The molecule has 0 saturated carbocycles. The van der Waals surface area contributed by atoms with Crippen LogP contribution in [0.3, 0.4) is 0 Å². The van der Waals surface area contributed by atoms with E-state index in [4.69, 9.17) is 15.2 Å². The Morgan fingerprint density at radius 2 is 2.15 bits per heavy atom. The van der Waals surface area contributed by atoms with Crippen LogP contribution in [0.2, 0.25) is 0 Å². The number of carbonyl (C=O) groups excluding carboxylic acids is 1. The number of allylic oxidation sites excluding steroid dienone is 2. The number of ether oxygens (including phenoxy) is 2. The number of nitrogens with zero attached hydrogens (tertiary/aromatic N) is 2. The molecule has 2 rings (SSSR count). The monoisotopic (exact) mass is 271 g/mol. The lowest BCUT2D eigenvalue weighted by Crippen LogP contribution is -2.25. The largest absolute Gasteiger partial charge is 0.466 e. The van der Waals surface area contributed by atoms with Gasteiger partial charge < -0.3 is 15.2 Å². The smallest absolute Gasteiger partial charge is 0.338 e. The van der Waals surface area contributed by atoms with Crippen molar-refractivity contribution >= 4 is 5.97 Å². The van der Waals surface area contributed by atoms with Crippen molar-refractivity contribution in [3.05, 3.63) is 52.9 Å². The summed E-state index contributed by atoms with van der Waals surface area (Å²) in [7, 11) is 1.28. The van der Waals surface area contributed by atoms with E-state index in [2.05, 4.69) is 4.98 Å². The van der Waals surface area contributed by atoms with E-state index < -0.39 is 11.9 Å². The molecule has 0 aliphatic carbocycles. The van der Waals surface area contributed by atoms with Gasteiger partial charge in [0.05, 0.1) is 18.6 Å². The van der Waals surface area contributed by atoms with E-state index in [1.165, 1.54) is 7.11 Å². The highest BCUT2D eigenvalue weighted by Crippen LogP contribution is 2.39. The quantitative estimate of drug-likeness (QED) is 0.815. The van der Waals surface area contributed by atoms with Gasteiger partial charge in [0.1, 0.15) is 17.4 Å². The Bertz CT molecular complexity index is 641. The normalized spacial score (nSPS) is 18.4. The van der Waals surface area contributed by atoms with Crippen molar-refractivity contribution in [3.63, 3.8) is 0 Å². The molecule has 0 spiro atoms. The summed E-state index contributed by atoms with van der Waals surface area (Å²) >= 11 is 0. The summed E-state index contributed by atoms with van der Waals surface area (Å²) in [5, 5.41) is 9.29. The van der Waals surface area contributed by atoms with E-state index in [0.29, 0.717) is 5.76 Å². The highest BCUT2D eigenvalue weighted by molar-refractivity contribution is 5.92. The molecule has 6 nitrogen and oxygen atoms in total. The number of nitriles is 1. The van der Waals surface area contributed by atoms with Gasteiger partial charge in [-0.25, -0.2) is 4.79 Å². The van der Waals surface area contributed by atoms with Crippen molar-refractivity contribution in [3.8, 4) is 6.07 Å². The number of hydrogen-bond acceptors (Lipinski definition) is 6. The lowest BCUT2D eigenvalue weighted by molar-refractivity contribution is -0.136. The third kappa shape index (κ3) is 2.21. The summed E-state index contributed by atoms with van der Waals surface area (Å²) in [5.41, 5.74) is 6.92. The second-order valence-electron chi connectivity index (χ2n) is 4.17. The number of esters is 1. The highest BCUT2D eigenvalue weighted by Gasteiger charge is 2.35. The standard InChI is InChI=1S/C14H13N3O3/c1-8-11(14(18)19-2)12(9-3-5-17-6-4-9)10(7-15)13(16)20-8/h3-6,12H,16H2,1-2H3. The van der Waals surface area contributed by atoms with E-state index in [0.717, 1.165) is 5.56 Å². The molecule has 0 amide bonds. The summed E-state index contributed by atoms with van der Waals surface area (Å²) < 4.78 is 10.0. The van der Waals surface area contributed by atoms with Gasteiger partial charge in [-0.15, -0.1) is 0 Å². The first-order chi connectivity index (χ1) is 9.60. The number of rotatable bonds is 2. The van der Waals surface area contributed by atoms with Crippen molar-refractivity contribution in [2.75, 3.05) is 7.11 Å². The first-order valence-electron chi connectivity index (χ1n) is 5.86. The molecule has 0 bridgehead atoms. The van der Waals surface area contributed by atoms with Crippen molar-refractivity contribution in [1.82, 2.24) is 4.98 Å². The number of hydrogen-bond donors (Lipinski definition) is 1. The fourth-order valence-electron chi connectivity index (χ4n) is 2.15. The maximum absolute atomic E-state index is 12.0. The van der Waals surface area contributed by atoms with Gasteiger partial charge in [0.2, 0.25) is 5.88 Å². The molecule has 1 aliphatic rings. The van der Waals surface area contributed by atoms with Crippen LogP contribution < -0.4 is 5.73 Å². The van der Waals surface area contributed by atoms with Crippen LogP contribution in [-0.2, 0) is 14.3 Å². The van der Waals surface area contributed by atoms with Crippen LogP contribution in [0, 0.1) is 11.3 Å². The number of aromatic nitrogens is 1. The SMILES string of the molecule is COC(=O)C1=C(C)OC(N)=C(C#N)C1c1ccncc1. The predicted molar refractivity (Wildman–Crippen MR) is 69.6 cm³/mol. The molecule has 0 saturated heterocycles. The van der Waals surface area contributed by atoms with Crippen LogP contribution in [0.15, 0.2) is 47.3 Å². The minimum absolute atomic E-state index is 0.000495. The Kier molecular flexibility index (Phi) is 3.71. The molecule has 1 aromatic rings. The Morgan fingerprint density at radius 3 is 2.70 bits per heavy atom. The molecule has 2 heterocycles. The summed E-state index contributed by atoms with van der Waals surface area (Å²) in [6.45, 7) is 1.61. The van der Waals surface area contributed by atoms with Gasteiger partial charge >= 0.3 is 5.97 Å². The van der Waals surface area contributed by atoms with Gasteiger partial charge in [-0.1, -0.05) is 0 Å².